The minimum atomic E-state index is 0.875. The second-order valence-corrected chi connectivity index (χ2v) is 4.55. The van der Waals surface area contributed by atoms with Gasteiger partial charge in [-0.2, -0.15) is 5.10 Å². The van der Waals surface area contributed by atoms with Crippen LogP contribution < -0.4 is 5.32 Å². The van der Waals surface area contributed by atoms with Gasteiger partial charge >= 0.3 is 0 Å². The lowest BCUT2D eigenvalue weighted by Crippen LogP contribution is -2.15. The topological polar surface area (TPSA) is 42.7 Å². The van der Waals surface area contributed by atoms with Crippen molar-refractivity contribution in [1.82, 2.24) is 20.1 Å². The summed E-state index contributed by atoms with van der Waals surface area (Å²) < 4.78 is 1.81. The molecule has 96 valence electrons. The van der Waals surface area contributed by atoms with Crippen molar-refractivity contribution in [3.63, 3.8) is 0 Å². The van der Waals surface area contributed by atoms with Crippen molar-refractivity contribution in [1.29, 1.82) is 0 Å². The molecule has 0 aliphatic rings. The molecule has 2 heterocycles. The fourth-order valence-corrected chi connectivity index (χ4v) is 1.83. The van der Waals surface area contributed by atoms with Gasteiger partial charge in [-0.1, -0.05) is 13.0 Å². The van der Waals surface area contributed by atoms with Gasteiger partial charge in [-0.15, -0.1) is 0 Å². The molecule has 0 aromatic carbocycles. The lowest BCUT2D eigenvalue weighted by Gasteiger charge is -2.08. The van der Waals surface area contributed by atoms with Crippen LogP contribution in [0.1, 0.15) is 30.2 Å². The molecule has 2 rings (SSSR count). The van der Waals surface area contributed by atoms with Crippen molar-refractivity contribution in [2.24, 2.45) is 0 Å². The van der Waals surface area contributed by atoms with Crippen LogP contribution in [0.25, 0.3) is 5.82 Å². The van der Waals surface area contributed by atoms with Crippen LogP contribution in [0, 0.1) is 13.8 Å². The first-order valence-corrected chi connectivity index (χ1v) is 6.39. The number of aromatic nitrogens is 3. The van der Waals surface area contributed by atoms with Gasteiger partial charge in [-0.05, 0) is 44.0 Å². The Balaban J connectivity index is 2.14. The summed E-state index contributed by atoms with van der Waals surface area (Å²) in [6, 6.07) is 4.14. The Morgan fingerprint density at radius 3 is 2.72 bits per heavy atom. The Kier molecular flexibility index (Phi) is 4.10. The number of hydrogen-bond donors (Lipinski definition) is 1. The number of rotatable bonds is 5. The third-order valence-corrected chi connectivity index (χ3v) is 2.87. The van der Waals surface area contributed by atoms with Crippen molar-refractivity contribution < 1.29 is 0 Å². The largest absolute Gasteiger partial charge is 0.313 e. The molecule has 4 nitrogen and oxygen atoms in total. The number of hydrogen-bond acceptors (Lipinski definition) is 3. The lowest BCUT2D eigenvalue weighted by molar-refractivity contribution is 0.670. The average molecular weight is 244 g/mol. The van der Waals surface area contributed by atoms with Gasteiger partial charge in [0.25, 0.3) is 0 Å². The molecule has 0 radical (unpaired) electrons. The monoisotopic (exact) mass is 244 g/mol. The Hall–Kier alpha value is -1.68. The molecule has 0 saturated heterocycles. The molecule has 0 aliphatic heterocycles. The zero-order valence-electron chi connectivity index (χ0n) is 11.3. The minimum absolute atomic E-state index is 0.875. The first kappa shape index (κ1) is 12.8. The SMILES string of the molecule is CCCNCc1ccc(-n2cc(C)cn2)nc1C. The van der Waals surface area contributed by atoms with Crippen LogP contribution in [0.5, 0.6) is 0 Å². The van der Waals surface area contributed by atoms with E-state index >= 15 is 0 Å². The predicted molar refractivity (Wildman–Crippen MR) is 72.8 cm³/mol. The maximum absolute atomic E-state index is 4.60. The molecule has 0 spiro atoms. The van der Waals surface area contributed by atoms with Crippen LogP contribution in [0.2, 0.25) is 0 Å². The summed E-state index contributed by atoms with van der Waals surface area (Å²) in [5, 5.41) is 7.66. The third kappa shape index (κ3) is 2.96. The van der Waals surface area contributed by atoms with E-state index < -0.39 is 0 Å². The number of pyridine rings is 1. The van der Waals surface area contributed by atoms with Gasteiger partial charge in [0.05, 0.1) is 6.20 Å². The Morgan fingerprint density at radius 2 is 2.11 bits per heavy atom. The highest BCUT2D eigenvalue weighted by molar-refractivity contribution is 5.30. The van der Waals surface area contributed by atoms with Gasteiger partial charge < -0.3 is 5.32 Å². The van der Waals surface area contributed by atoms with Gasteiger partial charge in [0.1, 0.15) is 0 Å². The smallest absolute Gasteiger partial charge is 0.153 e. The molecule has 0 aliphatic carbocycles. The molecule has 0 saturated carbocycles. The lowest BCUT2D eigenvalue weighted by atomic mass is 10.2. The van der Waals surface area contributed by atoms with Crippen LogP contribution in [-0.4, -0.2) is 21.3 Å². The van der Waals surface area contributed by atoms with Crippen LogP contribution in [0.3, 0.4) is 0 Å². The highest BCUT2D eigenvalue weighted by atomic mass is 15.3. The number of aryl methyl sites for hydroxylation is 2. The summed E-state index contributed by atoms with van der Waals surface area (Å²) in [5.74, 6) is 0.875. The fourth-order valence-electron chi connectivity index (χ4n) is 1.83. The Morgan fingerprint density at radius 1 is 1.28 bits per heavy atom. The normalized spacial score (nSPS) is 10.8. The van der Waals surface area contributed by atoms with Gasteiger partial charge in [0.15, 0.2) is 5.82 Å². The van der Waals surface area contributed by atoms with Crippen LogP contribution in [0.15, 0.2) is 24.5 Å². The molecular formula is C14H20N4. The molecule has 4 heteroatoms. The Labute approximate surface area is 108 Å². The van der Waals surface area contributed by atoms with E-state index in [1.54, 1.807) is 0 Å². The average Bonchev–Trinajstić information content (AvgIpc) is 2.78. The van der Waals surface area contributed by atoms with E-state index in [-0.39, 0.29) is 0 Å². The number of nitrogens with one attached hydrogen (secondary N) is 1. The highest BCUT2D eigenvalue weighted by Crippen LogP contribution is 2.10. The van der Waals surface area contributed by atoms with Crippen LogP contribution in [-0.2, 0) is 6.54 Å². The number of nitrogens with zero attached hydrogens (tertiary/aromatic N) is 3. The molecule has 2 aromatic heterocycles. The molecule has 1 N–H and O–H groups in total. The molecule has 0 fully saturated rings. The summed E-state index contributed by atoms with van der Waals surface area (Å²) in [6.45, 7) is 8.16. The van der Waals surface area contributed by atoms with E-state index in [1.807, 2.05) is 37.0 Å². The zero-order valence-corrected chi connectivity index (χ0v) is 11.3. The van der Waals surface area contributed by atoms with Gasteiger partial charge in [0.2, 0.25) is 0 Å². The maximum atomic E-state index is 4.60. The van der Waals surface area contributed by atoms with Crippen molar-refractivity contribution in [2.75, 3.05) is 6.54 Å². The van der Waals surface area contributed by atoms with E-state index in [4.69, 9.17) is 0 Å². The summed E-state index contributed by atoms with van der Waals surface area (Å²) in [5.41, 5.74) is 3.45. The molecule has 0 atom stereocenters. The maximum Gasteiger partial charge on any atom is 0.153 e. The van der Waals surface area contributed by atoms with Crippen molar-refractivity contribution in [3.05, 3.63) is 41.3 Å². The Bertz CT molecular complexity index is 516. The summed E-state index contributed by atoms with van der Waals surface area (Å²) in [7, 11) is 0. The van der Waals surface area contributed by atoms with Crippen molar-refractivity contribution in [3.8, 4) is 5.82 Å². The van der Waals surface area contributed by atoms with E-state index in [0.717, 1.165) is 36.6 Å². The van der Waals surface area contributed by atoms with Crippen LogP contribution >= 0.6 is 0 Å². The summed E-state index contributed by atoms with van der Waals surface area (Å²) >= 11 is 0. The van der Waals surface area contributed by atoms with E-state index in [9.17, 15) is 0 Å². The first-order chi connectivity index (χ1) is 8.70. The minimum Gasteiger partial charge on any atom is -0.313 e. The standard InChI is InChI=1S/C14H20N4/c1-4-7-15-9-13-5-6-14(17-12(13)3)18-10-11(2)8-16-18/h5-6,8,10,15H,4,7,9H2,1-3H3. The molecular weight excluding hydrogens is 224 g/mol. The van der Waals surface area contributed by atoms with Crippen molar-refractivity contribution >= 4 is 0 Å². The van der Waals surface area contributed by atoms with Crippen molar-refractivity contribution in [2.45, 2.75) is 33.7 Å². The second kappa shape index (κ2) is 5.78. The molecule has 2 aromatic rings. The molecule has 0 amide bonds. The fraction of sp³-hybridized carbons (Fsp3) is 0.429. The van der Waals surface area contributed by atoms with Gasteiger partial charge in [-0.25, -0.2) is 9.67 Å². The zero-order chi connectivity index (χ0) is 13.0. The molecule has 18 heavy (non-hydrogen) atoms. The molecule has 0 bridgehead atoms. The highest BCUT2D eigenvalue weighted by Gasteiger charge is 2.04. The van der Waals surface area contributed by atoms with E-state index in [0.29, 0.717) is 0 Å². The quantitative estimate of drug-likeness (QED) is 0.821. The first-order valence-electron chi connectivity index (χ1n) is 6.39. The molecule has 0 unspecified atom stereocenters. The summed E-state index contributed by atoms with van der Waals surface area (Å²) in [6.07, 6.45) is 4.97. The second-order valence-electron chi connectivity index (χ2n) is 4.55. The van der Waals surface area contributed by atoms with Gasteiger partial charge in [-0.3, -0.25) is 0 Å². The summed E-state index contributed by atoms with van der Waals surface area (Å²) in [4.78, 5) is 4.60. The van der Waals surface area contributed by atoms with E-state index in [1.165, 1.54) is 5.56 Å². The van der Waals surface area contributed by atoms with Gasteiger partial charge in [0, 0.05) is 18.4 Å². The third-order valence-electron chi connectivity index (χ3n) is 2.87. The predicted octanol–water partition coefficient (Wildman–Crippen LogP) is 2.38. The van der Waals surface area contributed by atoms with Crippen LogP contribution in [0.4, 0.5) is 0 Å². The van der Waals surface area contributed by atoms with E-state index in [2.05, 4.69) is 28.4 Å².